The average Bonchev–Trinajstić information content (AvgIpc) is 3.02. The highest BCUT2D eigenvalue weighted by molar-refractivity contribution is 5.98. The van der Waals surface area contributed by atoms with Gasteiger partial charge in [0.1, 0.15) is 18.8 Å². The predicted molar refractivity (Wildman–Crippen MR) is 149 cm³/mol. The molecule has 228 valence electrons. The van der Waals surface area contributed by atoms with Gasteiger partial charge in [-0.15, -0.1) is 0 Å². The minimum Gasteiger partial charge on any atom is -0.493 e. The van der Waals surface area contributed by atoms with Crippen LogP contribution in [0.5, 0.6) is 11.5 Å². The second kappa shape index (κ2) is 16.3. The summed E-state index contributed by atoms with van der Waals surface area (Å²) in [5, 5.41) is 2.52. The minimum absolute atomic E-state index is 0.0976. The van der Waals surface area contributed by atoms with Gasteiger partial charge in [-0.3, -0.25) is 14.4 Å². The van der Waals surface area contributed by atoms with Gasteiger partial charge in [-0.2, -0.15) is 0 Å². The van der Waals surface area contributed by atoms with Crippen molar-refractivity contribution < 1.29 is 47.6 Å². The third-order valence-corrected chi connectivity index (χ3v) is 6.44. The van der Waals surface area contributed by atoms with Crippen LogP contribution in [0.25, 0.3) is 0 Å². The van der Waals surface area contributed by atoms with Crippen molar-refractivity contribution >= 4 is 23.8 Å². The quantitative estimate of drug-likeness (QED) is 0.210. The van der Waals surface area contributed by atoms with Gasteiger partial charge < -0.3 is 33.7 Å². The molecule has 1 aromatic heterocycles. The van der Waals surface area contributed by atoms with E-state index in [9.17, 15) is 19.2 Å². The maximum absolute atomic E-state index is 13.3. The van der Waals surface area contributed by atoms with Crippen molar-refractivity contribution in [2.45, 2.75) is 64.7 Å². The molecule has 1 N–H and O–H groups in total. The molecule has 0 spiro atoms. The highest BCUT2D eigenvalue weighted by Crippen LogP contribution is 2.30. The van der Waals surface area contributed by atoms with Crippen LogP contribution in [0, 0.1) is 5.92 Å². The van der Waals surface area contributed by atoms with E-state index in [1.165, 1.54) is 19.4 Å². The molecule has 0 aliphatic carbocycles. The van der Waals surface area contributed by atoms with E-state index in [4.69, 9.17) is 28.4 Å². The fourth-order valence-corrected chi connectivity index (χ4v) is 4.36. The number of nitrogens with one attached hydrogen (secondary N) is 1. The van der Waals surface area contributed by atoms with Gasteiger partial charge in [0.15, 0.2) is 23.2 Å². The summed E-state index contributed by atoms with van der Waals surface area (Å²) in [4.78, 5) is 55.6. The standard InChI is InChI=1S/C30H38N2O10/c1-5-10-24(33)40-18-41-27-23(37-4)13-14-31-25(27)28(34)32-22-17-39-29(35)21(16-20-11-8-7-9-12-20)26(38-15-6-2)19(3)42-30(22)36/h7-9,11-14,19,21-22,26H,5-6,10,15-18H2,1-4H3,(H,32,34). The number of ether oxygens (including phenoxy) is 6. The van der Waals surface area contributed by atoms with E-state index < -0.39 is 61.4 Å². The molecule has 1 aliphatic heterocycles. The zero-order chi connectivity index (χ0) is 30.5. The Hall–Kier alpha value is -4.19. The van der Waals surface area contributed by atoms with E-state index in [1.807, 2.05) is 44.2 Å². The Bertz CT molecular complexity index is 1210. The third kappa shape index (κ3) is 8.90. The topological polar surface area (TPSA) is 149 Å². The summed E-state index contributed by atoms with van der Waals surface area (Å²) in [6.07, 6.45) is 1.53. The van der Waals surface area contributed by atoms with Gasteiger partial charge in [-0.05, 0) is 31.7 Å². The van der Waals surface area contributed by atoms with E-state index in [-0.39, 0.29) is 23.6 Å². The van der Waals surface area contributed by atoms with E-state index in [1.54, 1.807) is 6.92 Å². The van der Waals surface area contributed by atoms with Crippen LogP contribution < -0.4 is 14.8 Å². The Morgan fingerprint density at radius 3 is 2.52 bits per heavy atom. The molecule has 1 fully saturated rings. The molecule has 12 heteroatoms. The summed E-state index contributed by atoms with van der Waals surface area (Å²) in [7, 11) is 1.37. The number of nitrogens with zero attached hydrogens (tertiary/aromatic N) is 1. The SMILES string of the molecule is CCCOC1C(C)OC(=O)C(NC(=O)c2nccc(OC)c2OCOC(=O)CCC)COC(=O)C1Cc1ccccc1. The lowest BCUT2D eigenvalue weighted by Crippen LogP contribution is -2.46. The van der Waals surface area contributed by atoms with Crippen molar-refractivity contribution in [3.63, 3.8) is 0 Å². The number of pyridine rings is 1. The third-order valence-electron chi connectivity index (χ3n) is 6.44. The number of carbonyl (C=O) groups excluding carboxylic acids is 4. The summed E-state index contributed by atoms with van der Waals surface area (Å²) in [5.41, 5.74) is 0.656. The zero-order valence-electron chi connectivity index (χ0n) is 24.3. The van der Waals surface area contributed by atoms with Gasteiger partial charge in [-0.1, -0.05) is 44.2 Å². The van der Waals surface area contributed by atoms with Crippen LogP contribution in [0.4, 0.5) is 0 Å². The van der Waals surface area contributed by atoms with Gasteiger partial charge in [0.2, 0.25) is 6.79 Å². The number of rotatable bonds is 13. The summed E-state index contributed by atoms with van der Waals surface area (Å²) in [6, 6.07) is 9.50. The van der Waals surface area contributed by atoms with Gasteiger partial charge in [0, 0.05) is 25.3 Å². The van der Waals surface area contributed by atoms with E-state index >= 15 is 0 Å². The van der Waals surface area contributed by atoms with Crippen molar-refractivity contribution in [2.75, 3.05) is 27.1 Å². The fourth-order valence-electron chi connectivity index (χ4n) is 4.36. The number of cyclic esters (lactones) is 2. The molecular weight excluding hydrogens is 548 g/mol. The first-order valence-electron chi connectivity index (χ1n) is 13.9. The summed E-state index contributed by atoms with van der Waals surface area (Å²) in [6.45, 7) is 4.80. The summed E-state index contributed by atoms with van der Waals surface area (Å²) < 4.78 is 33.1. The van der Waals surface area contributed by atoms with Crippen LogP contribution >= 0.6 is 0 Å². The Labute approximate surface area is 245 Å². The van der Waals surface area contributed by atoms with Crippen molar-refractivity contribution in [1.29, 1.82) is 0 Å². The molecule has 0 radical (unpaired) electrons. The van der Waals surface area contributed by atoms with Gasteiger partial charge in [0.25, 0.3) is 5.91 Å². The molecule has 1 amide bonds. The normalized spacial score (nSPS) is 20.7. The lowest BCUT2D eigenvalue weighted by Gasteiger charge is -2.29. The number of hydrogen-bond acceptors (Lipinski definition) is 11. The molecule has 0 bridgehead atoms. The number of methoxy groups -OCH3 is 1. The van der Waals surface area contributed by atoms with Crippen molar-refractivity contribution in [3.8, 4) is 11.5 Å². The maximum Gasteiger partial charge on any atom is 0.332 e. The molecule has 0 saturated carbocycles. The monoisotopic (exact) mass is 586 g/mol. The lowest BCUT2D eigenvalue weighted by molar-refractivity contribution is -0.164. The Kier molecular flexibility index (Phi) is 12.5. The first-order valence-corrected chi connectivity index (χ1v) is 13.9. The molecular formula is C30H38N2O10. The molecule has 42 heavy (non-hydrogen) atoms. The fraction of sp³-hybridized carbons (Fsp3) is 0.500. The largest absolute Gasteiger partial charge is 0.493 e. The number of aromatic nitrogens is 1. The minimum atomic E-state index is -1.35. The van der Waals surface area contributed by atoms with Crippen LogP contribution in [-0.4, -0.2) is 74.2 Å². The average molecular weight is 587 g/mol. The molecule has 1 aromatic carbocycles. The van der Waals surface area contributed by atoms with E-state index in [0.29, 0.717) is 25.9 Å². The molecule has 3 rings (SSSR count). The second-order valence-corrected chi connectivity index (χ2v) is 9.65. The van der Waals surface area contributed by atoms with Crippen molar-refractivity contribution in [2.24, 2.45) is 5.92 Å². The van der Waals surface area contributed by atoms with Crippen LogP contribution in [0.2, 0.25) is 0 Å². The van der Waals surface area contributed by atoms with Crippen molar-refractivity contribution in [1.82, 2.24) is 10.3 Å². The van der Waals surface area contributed by atoms with E-state index in [2.05, 4.69) is 10.3 Å². The number of benzene rings is 1. The van der Waals surface area contributed by atoms with Gasteiger partial charge in [0.05, 0.1) is 13.0 Å². The molecule has 1 aliphatic rings. The molecule has 4 unspecified atom stereocenters. The number of hydrogen-bond donors (Lipinski definition) is 1. The Morgan fingerprint density at radius 1 is 1.07 bits per heavy atom. The number of carbonyl (C=O) groups is 4. The predicted octanol–water partition coefficient (Wildman–Crippen LogP) is 3.01. The van der Waals surface area contributed by atoms with Crippen LogP contribution in [-0.2, 0) is 39.8 Å². The highest BCUT2D eigenvalue weighted by Gasteiger charge is 2.40. The van der Waals surface area contributed by atoms with Crippen LogP contribution in [0.15, 0.2) is 42.6 Å². The van der Waals surface area contributed by atoms with Gasteiger partial charge >= 0.3 is 17.9 Å². The van der Waals surface area contributed by atoms with Crippen molar-refractivity contribution in [3.05, 3.63) is 53.9 Å². The summed E-state index contributed by atoms with van der Waals surface area (Å²) in [5.74, 6) is -3.39. The van der Waals surface area contributed by atoms with Crippen LogP contribution in [0.3, 0.4) is 0 Å². The van der Waals surface area contributed by atoms with Crippen LogP contribution in [0.1, 0.15) is 56.1 Å². The molecule has 4 atom stereocenters. The number of amides is 1. The molecule has 2 aromatic rings. The highest BCUT2D eigenvalue weighted by atomic mass is 16.7. The summed E-state index contributed by atoms with van der Waals surface area (Å²) >= 11 is 0. The lowest BCUT2D eigenvalue weighted by atomic mass is 9.91. The molecule has 12 nitrogen and oxygen atoms in total. The first-order chi connectivity index (χ1) is 20.3. The van der Waals surface area contributed by atoms with Gasteiger partial charge in [-0.25, -0.2) is 9.78 Å². The van der Waals surface area contributed by atoms with E-state index in [0.717, 1.165) is 5.56 Å². The molecule has 1 saturated heterocycles. The number of esters is 3. The first kappa shape index (κ1) is 32.3. The second-order valence-electron chi connectivity index (χ2n) is 9.65. The Morgan fingerprint density at radius 2 is 1.83 bits per heavy atom. The molecule has 2 heterocycles. The zero-order valence-corrected chi connectivity index (χ0v) is 24.3. The smallest absolute Gasteiger partial charge is 0.332 e. The maximum atomic E-state index is 13.3. The Balaban J connectivity index is 1.80.